The summed E-state index contributed by atoms with van der Waals surface area (Å²) in [4.78, 5) is 0. The zero-order valence-corrected chi connectivity index (χ0v) is 6.05. The molecule has 0 aromatic carbocycles. The highest BCUT2D eigenvalue weighted by atomic mass is 16.6. The van der Waals surface area contributed by atoms with Crippen LogP contribution in [0.15, 0.2) is 0 Å². The van der Waals surface area contributed by atoms with Gasteiger partial charge in [-0.15, -0.1) is 0 Å². The summed E-state index contributed by atoms with van der Waals surface area (Å²) in [6.45, 7) is 4.54. The summed E-state index contributed by atoms with van der Waals surface area (Å²) < 4.78 is 5.10. The van der Waals surface area contributed by atoms with Gasteiger partial charge in [-0.3, -0.25) is 0 Å². The van der Waals surface area contributed by atoms with E-state index in [0.717, 1.165) is 12.8 Å². The second-order valence-corrected chi connectivity index (χ2v) is 2.80. The molecule has 1 aliphatic heterocycles. The monoisotopic (exact) mass is 130 g/mol. The molecule has 0 aromatic rings. The molecule has 2 atom stereocenters. The maximum Gasteiger partial charge on any atom is 0.165 e. The fraction of sp³-hybridized carbons (Fsp3) is 1.00. The molecule has 0 radical (unpaired) electrons. The Kier molecular flexibility index (Phi) is 1.78. The van der Waals surface area contributed by atoms with Crippen molar-refractivity contribution >= 4 is 0 Å². The van der Waals surface area contributed by atoms with E-state index in [1.54, 1.807) is 6.92 Å². The number of ether oxygens (including phenoxy) is 1. The Morgan fingerprint density at radius 1 is 1.78 bits per heavy atom. The van der Waals surface area contributed by atoms with Crippen LogP contribution in [0.2, 0.25) is 0 Å². The van der Waals surface area contributed by atoms with Crippen molar-refractivity contribution in [3.63, 3.8) is 0 Å². The second-order valence-electron chi connectivity index (χ2n) is 2.80. The van der Waals surface area contributed by atoms with Gasteiger partial charge in [0.1, 0.15) is 0 Å². The minimum absolute atomic E-state index is 0.345. The second kappa shape index (κ2) is 2.27. The van der Waals surface area contributed by atoms with Crippen molar-refractivity contribution in [3.8, 4) is 0 Å². The molecule has 2 unspecified atom stereocenters. The highest BCUT2D eigenvalue weighted by Crippen LogP contribution is 2.31. The molecule has 0 aromatic heterocycles. The molecule has 1 N–H and O–H groups in total. The van der Waals surface area contributed by atoms with E-state index >= 15 is 0 Å². The predicted molar refractivity (Wildman–Crippen MR) is 35.0 cm³/mol. The van der Waals surface area contributed by atoms with Gasteiger partial charge in [-0.1, -0.05) is 6.92 Å². The first-order chi connectivity index (χ1) is 4.17. The van der Waals surface area contributed by atoms with Gasteiger partial charge in [-0.05, 0) is 19.8 Å². The summed E-state index contributed by atoms with van der Waals surface area (Å²) in [7, 11) is 0. The molecule has 54 valence electrons. The summed E-state index contributed by atoms with van der Waals surface area (Å²) in [6, 6.07) is 0. The molecule has 0 aliphatic carbocycles. The molecular formula is C7H14O2. The number of aliphatic hydroxyl groups is 1. The third-order valence-electron chi connectivity index (χ3n) is 2.11. The van der Waals surface area contributed by atoms with Crippen molar-refractivity contribution in [2.45, 2.75) is 32.5 Å². The maximum absolute atomic E-state index is 9.43. The summed E-state index contributed by atoms with van der Waals surface area (Å²) in [6.07, 6.45) is 2.01. The summed E-state index contributed by atoms with van der Waals surface area (Å²) in [5, 5.41) is 9.43. The lowest BCUT2D eigenvalue weighted by Gasteiger charge is -2.22. The summed E-state index contributed by atoms with van der Waals surface area (Å²) in [5.41, 5.74) is 0. The van der Waals surface area contributed by atoms with E-state index in [9.17, 15) is 5.11 Å². The van der Waals surface area contributed by atoms with Crippen LogP contribution in [0.1, 0.15) is 26.7 Å². The largest absolute Gasteiger partial charge is 0.365 e. The molecule has 1 aliphatic rings. The van der Waals surface area contributed by atoms with Crippen LogP contribution in [0.4, 0.5) is 0 Å². The third-order valence-corrected chi connectivity index (χ3v) is 2.11. The molecule has 0 bridgehead atoms. The fourth-order valence-corrected chi connectivity index (χ4v) is 1.38. The predicted octanol–water partition coefficient (Wildman–Crippen LogP) is 1.14. The van der Waals surface area contributed by atoms with E-state index in [1.165, 1.54) is 0 Å². The van der Waals surface area contributed by atoms with E-state index in [-0.39, 0.29) is 0 Å². The van der Waals surface area contributed by atoms with Crippen LogP contribution in [0, 0.1) is 5.92 Å². The normalized spacial score (nSPS) is 43.7. The van der Waals surface area contributed by atoms with Gasteiger partial charge in [0.2, 0.25) is 0 Å². The highest BCUT2D eigenvalue weighted by molar-refractivity contribution is 4.77. The average Bonchev–Trinajstić information content (AvgIpc) is 2.08. The van der Waals surface area contributed by atoms with Gasteiger partial charge in [-0.25, -0.2) is 0 Å². The molecule has 0 spiro atoms. The van der Waals surface area contributed by atoms with Crippen LogP contribution in [0.3, 0.4) is 0 Å². The van der Waals surface area contributed by atoms with Crippen LogP contribution in [0.25, 0.3) is 0 Å². The van der Waals surface area contributed by atoms with Gasteiger partial charge in [-0.2, -0.15) is 0 Å². The number of hydrogen-bond donors (Lipinski definition) is 1. The smallest absolute Gasteiger partial charge is 0.165 e. The Morgan fingerprint density at radius 3 is 2.67 bits per heavy atom. The van der Waals surface area contributed by atoms with Crippen LogP contribution < -0.4 is 0 Å². The third kappa shape index (κ3) is 1.25. The Morgan fingerprint density at radius 2 is 2.44 bits per heavy atom. The maximum atomic E-state index is 9.43. The Bertz CT molecular complexity index is 99.1. The molecule has 1 fully saturated rings. The topological polar surface area (TPSA) is 29.5 Å². The molecule has 2 heteroatoms. The first-order valence-electron chi connectivity index (χ1n) is 3.53. The van der Waals surface area contributed by atoms with E-state index in [2.05, 4.69) is 6.92 Å². The van der Waals surface area contributed by atoms with Gasteiger partial charge >= 0.3 is 0 Å². The molecular weight excluding hydrogens is 116 g/mol. The molecule has 2 nitrogen and oxygen atoms in total. The Balaban J connectivity index is 2.52. The van der Waals surface area contributed by atoms with Crippen LogP contribution in [0.5, 0.6) is 0 Å². The lowest BCUT2D eigenvalue weighted by atomic mass is 9.97. The molecule has 1 saturated heterocycles. The van der Waals surface area contributed by atoms with Gasteiger partial charge in [0.05, 0.1) is 6.61 Å². The number of rotatable bonds is 1. The van der Waals surface area contributed by atoms with Gasteiger partial charge in [0.25, 0.3) is 0 Å². The van der Waals surface area contributed by atoms with Crippen molar-refractivity contribution in [3.05, 3.63) is 0 Å². The fourth-order valence-electron chi connectivity index (χ4n) is 1.38. The van der Waals surface area contributed by atoms with Crippen molar-refractivity contribution in [1.82, 2.24) is 0 Å². The lowest BCUT2D eigenvalue weighted by molar-refractivity contribution is -0.180. The molecule has 9 heavy (non-hydrogen) atoms. The van der Waals surface area contributed by atoms with E-state index in [1.807, 2.05) is 0 Å². The van der Waals surface area contributed by atoms with Gasteiger partial charge in [0.15, 0.2) is 5.79 Å². The van der Waals surface area contributed by atoms with Crippen molar-refractivity contribution in [2.24, 2.45) is 5.92 Å². The zero-order valence-electron chi connectivity index (χ0n) is 6.05. The van der Waals surface area contributed by atoms with Crippen LogP contribution >= 0.6 is 0 Å². The van der Waals surface area contributed by atoms with Crippen LogP contribution in [-0.4, -0.2) is 17.5 Å². The minimum atomic E-state index is -0.839. The highest BCUT2D eigenvalue weighted by Gasteiger charge is 2.36. The molecule has 0 saturated carbocycles. The van der Waals surface area contributed by atoms with Crippen molar-refractivity contribution in [2.75, 3.05) is 6.61 Å². The quantitative estimate of drug-likeness (QED) is 0.576. The molecule has 1 rings (SSSR count). The van der Waals surface area contributed by atoms with E-state index < -0.39 is 5.79 Å². The average molecular weight is 130 g/mol. The first-order valence-corrected chi connectivity index (χ1v) is 3.53. The summed E-state index contributed by atoms with van der Waals surface area (Å²) >= 11 is 0. The van der Waals surface area contributed by atoms with Gasteiger partial charge < -0.3 is 9.84 Å². The molecule has 1 heterocycles. The lowest BCUT2D eigenvalue weighted by Crippen LogP contribution is -2.30. The van der Waals surface area contributed by atoms with Gasteiger partial charge in [0, 0.05) is 5.92 Å². The molecule has 0 amide bonds. The van der Waals surface area contributed by atoms with Crippen LogP contribution in [-0.2, 0) is 4.74 Å². The first kappa shape index (κ1) is 7.03. The minimum Gasteiger partial charge on any atom is -0.365 e. The SMILES string of the molecule is CCC1CCOC1(C)O. The van der Waals surface area contributed by atoms with E-state index in [4.69, 9.17) is 4.74 Å². The standard InChI is InChI=1S/C7H14O2/c1-3-6-4-5-9-7(6,2)8/h6,8H,3-5H2,1-2H3. The zero-order chi connectivity index (χ0) is 6.91. The Hall–Kier alpha value is -0.0800. The van der Waals surface area contributed by atoms with E-state index in [0.29, 0.717) is 12.5 Å². The van der Waals surface area contributed by atoms with Crippen molar-refractivity contribution in [1.29, 1.82) is 0 Å². The number of hydrogen-bond acceptors (Lipinski definition) is 2. The Labute approximate surface area is 55.8 Å². The van der Waals surface area contributed by atoms with Crippen molar-refractivity contribution < 1.29 is 9.84 Å². The summed E-state index contributed by atoms with van der Waals surface area (Å²) in [5.74, 6) is -0.494.